The van der Waals surface area contributed by atoms with Crippen LogP contribution in [0.25, 0.3) is 16.5 Å². The Bertz CT molecular complexity index is 1360. The van der Waals surface area contributed by atoms with E-state index in [9.17, 15) is 9.59 Å². The minimum atomic E-state index is -0.449. The Morgan fingerprint density at radius 2 is 1.97 bits per heavy atom. The predicted octanol–water partition coefficient (Wildman–Crippen LogP) is 4.76. The zero-order valence-corrected chi connectivity index (χ0v) is 23.8. The number of carbonyl (C=O) groups excluding carboxylic acids is 2. The van der Waals surface area contributed by atoms with E-state index in [0.717, 1.165) is 80.1 Å². The molecule has 1 saturated heterocycles. The Morgan fingerprint density at radius 1 is 1.21 bits per heavy atom. The molecule has 39 heavy (non-hydrogen) atoms. The van der Waals surface area contributed by atoms with Gasteiger partial charge < -0.3 is 24.3 Å². The highest BCUT2D eigenvalue weighted by Gasteiger charge is 2.29. The summed E-state index contributed by atoms with van der Waals surface area (Å²) in [5, 5.41) is 3.87. The van der Waals surface area contributed by atoms with Crippen LogP contribution < -0.4 is 10.2 Å². The average Bonchev–Trinajstić information content (AvgIpc) is 3.33. The Kier molecular flexibility index (Phi) is 8.05. The van der Waals surface area contributed by atoms with Crippen molar-refractivity contribution < 1.29 is 18.7 Å². The fourth-order valence-corrected chi connectivity index (χ4v) is 6.08. The third kappa shape index (κ3) is 5.58. The molecule has 1 aromatic carbocycles. The number of nitrogens with one attached hydrogen (secondary N) is 1. The number of aliphatic imine (C=N–C) groups is 1. The van der Waals surface area contributed by atoms with Gasteiger partial charge in [0.1, 0.15) is 11.3 Å². The molecule has 5 rings (SSSR count). The highest BCUT2D eigenvalue weighted by atomic mass is 16.5. The molecule has 0 spiro atoms. The molecule has 3 aliphatic rings. The van der Waals surface area contributed by atoms with Crippen LogP contribution in [0.15, 0.2) is 39.3 Å². The maximum atomic E-state index is 13.9. The number of carbonyl (C=O) groups is 2. The van der Waals surface area contributed by atoms with Crippen molar-refractivity contribution in [1.29, 1.82) is 0 Å². The lowest BCUT2D eigenvalue weighted by Crippen LogP contribution is -2.40. The second kappa shape index (κ2) is 11.5. The third-order valence-corrected chi connectivity index (χ3v) is 8.33. The van der Waals surface area contributed by atoms with Gasteiger partial charge in [0.15, 0.2) is 0 Å². The monoisotopic (exact) mass is 532 g/mol. The number of fused-ring (bicyclic) bond motifs is 1. The molecule has 1 aromatic heterocycles. The number of amides is 2. The lowest BCUT2D eigenvalue weighted by molar-refractivity contribution is -0.120. The number of dihydropyridines is 1. The maximum absolute atomic E-state index is 13.9. The van der Waals surface area contributed by atoms with Crippen LogP contribution in [0, 0.1) is 12.8 Å². The number of nitrogens with zero attached hydrogens (tertiary/aromatic N) is 3. The number of likely N-dealkylation sites (N-methyl/N-ethyl adjacent to an activating group) is 1. The van der Waals surface area contributed by atoms with E-state index >= 15 is 0 Å². The van der Waals surface area contributed by atoms with Crippen molar-refractivity contribution in [3.8, 4) is 0 Å². The smallest absolute Gasteiger partial charge is 0.254 e. The zero-order valence-electron chi connectivity index (χ0n) is 23.8. The molecule has 0 bridgehead atoms. The minimum absolute atomic E-state index is 0.195. The molecule has 208 valence electrons. The molecule has 4 heterocycles. The van der Waals surface area contributed by atoms with Gasteiger partial charge in [-0.15, -0.1) is 0 Å². The van der Waals surface area contributed by atoms with E-state index in [4.69, 9.17) is 9.15 Å². The average molecular weight is 533 g/mol. The molecular formula is C31H40N4O4. The highest BCUT2D eigenvalue weighted by Crippen LogP contribution is 2.37. The van der Waals surface area contributed by atoms with Gasteiger partial charge in [-0.2, -0.15) is 0 Å². The number of benzene rings is 1. The fraction of sp³-hybridized carbons (Fsp3) is 0.516. The minimum Gasteiger partial charge on any atom is -0.456 e. The van der Waals surface area contributed by atoms with Crippen molar-refractivity contribution in [2.24, 2.45) is 10.9 Å². The summed E-state index contributed by atoms with van der Waals surface area (Å²) in [4.78, 5) is 35.2. The molecule has 3 aliphatic heterocycles. The standard InChI is InChI=1S/C31H40N4O4/c1-6-35(23-9-13-38-14-10-23)26-17-28-24(16-27(39-28)22-7-11-34(5)12-8-22)29(21(26)4)31(37)32-18-25-19(2)15-20(3)33-30(25)36/h7,15-17,23,25H,6,8-14,18H2,1-5H3,(H,32,37). The van der Waals surface area contributed by atoms with Gasteiger partial charge in [-0.25, -0.2) is 4.99 Å². The van der Waals surface area contributed by atoms with Crippen LogP contribution in [-0.2, 0) is 9.53 Å². The van der Waals surface area contributed by atoms with Gasteiger partial charge in [-0.3, -0.25) is 9.59 Å². The normalized spacial score (nSPS) is 21.0. The molecule has 8 heteroatoms. The van der Waals surface area contributed by atoms with Crippen LogP contribution in [-0.4, -0.2) is 74.9 Å². The Balaban J connectivity index is 1.53. The van der Waals surface area contributed by atoms with Gasteiger partial charge >= 0.3 is 0 Å². The van der Waals surface area contributed by atoms with E-state index in [0.29, 0.717) is 22.9 Å². The largest absolute Gasteiger partial charge is 0.456 e. The van der Waals surface area contributed by atoms with Crippen LogP contribution >= 0.6 is 0 Å². The number of anilines is 1. The van der Waals surface area contributed by atoms with Crippen molar-refractivity contribution in [3.05, 3.63) is 46.7 Å². The summed E-state index contributed by atoms with van der Waals surface area (Å²) in [6.07, 6.45) is 6.93. The molecule has 0 saturated carbocycles. The molecule has 1 N–H and O–H groups in total. The van der Waals surface area contributed by atoms with Gasteiger partial charge in [0.05, 0.1) is 11.5 Å². The van der Waals surface area contributed by atoms with Gasteiger partial charge in [-0.05, 0) is 77.3 Å². The van der Waals surface area contributed by atoms with E-state index in [1.165, 1.54) is 5.57 Å². The van der Waals surface area contributed by atoms with Crippen molar-refractivity contribution in [2.45, 2.75) is 53.0 Å². The Labute approximate surface area is 230 Å². The number of hydrogen-bond donors (Lipinski definition) is 1. The molecular weight excluding hydrogens is 492 g/mol. The number of rotatable bonds is 7. The molecule has 0 radical (unpaired) electrons. The summed E-state index contributed by atoms with van der Waals surface area (Å²) in [5.41, 5.74) is 6.06. The fourth-order valence-electron chi connectivity index (χ4n) is 6.08. The first-order valence-corrected chi connectivity index (χ1v) is 14.1. The van der Waals surface area contributed by atoms with Crippen molar-refractivity contribution in [1.82, 2.24) is 10.2 Å². The van der Waals surface area contributed by atoms with Crippen molar-refractivity contribution in [2.75, 3.05) is 51.3 Å². The lowest BCUT2D eigenvalue weighted by atomic mass is 9.95. The highest BCUT2D eigenvalue weighted by molar-refractivity contribution is 6.10. The summed E-state index contributed by atoms with van der Waals surface area (Å²) in [7, 11) is 2.11. The number of hydrogen-bond acceptors (Lipinski definition) is 6. The van der Waals surface area contributed by atoms with Gasteiger partial charge in [-0.1, -0.05) is 11.6 Å². The van der Waals surface area contributed by atoms with Crippen molar-refractivity contribution >= 4 is 39.8 Å². The molecule has 8 nitrogen and oxygen atoms in total. The quantitative estimate of drug-likeness (QED) is 0.553. The molecule has 1 fully saturated rings. The van der Waals surface area contributed by atoms with Crippen LogP contribution in [0.3, 0.4) is 0 Å². The summed E-state index contributed by atoms with van der Waals surface area (Å²) >= 11 is 0. The maximum Gasteiger partial charge on any atom is 0.254 e. The van der Waals surface area contributed by atoms with E-state index in [1.807, 2.05) is 32.9 Å². The van der Waals surface area contributed by atoms with Crippen molar-refractivity contribution in [3.63, 3.8) is 0 Å². The first-order valence-electron chi connectivity index (χ1n) is 14.1. The van der Waals surface area contributed by atoms with Crippen LogP contribution in [0.1, 0.15) is 61.7 Å². The Hall–Kier alpha value is -3.23. The number of allylic oxidation sites excluding steroid dienone is 1. The first kappa shape index (κ1) is 27.3. The first-order chi connectivity index (χ1) is 18.8. The molecule has 0 aliphatic carbocycles. The van der Waals surface area contributed by atoms with Crippen LogP contribution in [0.4, 0.5) is 5.69 Å². The number of furan rings is 1. The summed E-state index contributed by atoms with van der Waals surface area (Å²) in [6, 6.07) is 4.47. The van der Waals surface area contributed by atoms with E-state index in [1.54, 1.807) is 0 Å². The van der Waals surface area contributed by atoms with E-state index in [-0.39, 0.29) is 18.4 Å². The second-order valence-corrected chi connectivity index (χ2v) is 11.0. The van der Waals surface area contributed by atoms with Crippen LogP contribution in [0.2, 0.25) is 0 Å². The molecule has 1 unspecified atom stereocenters. The topological polar surface area (TPSA) is 87.4 Å². The molecule has 2 amide bonds. The number of ether oxygens (including phenoxy) is 1. The zero-order chi connectivity index (χ0) is 27.7. The SMILES string of the molecule is CCN(c1cc2oc(C3=CCN(C)CC3)cc2c(C(=O)NCC2C(=O)N=C(C)C=C2C)c1C)C1CCOCC1. The second-order valence-electron chi connectivity index (χ2n) is 11.0. The Morgan fingerprint density at radius 3 is 2.64 bits per heavy atom. The van der Waals surface area contributed by atoms with Gasteiger partial charge in [0, 0.05) is 68.3 Å². The molecule has 2 aromatic rings. The van der Waals surface area contributed by atoms with E-state index in [2.05, 4.69) is 46.2 Å². The van der Waals surface area contributed by atoms with Crippen LogP contribution in [0.5, 0.6) is 0 Å². The third-order valence-electron chi connectivity index (χ3n) is 8.33. The summed E-state index contributed by atoms with van der Waals surface area (Å²) < 4.78 is 12.1. The summed E-state index contributed by atoms with van der Waals surface area (Å²) in [6.45, 7) is 12.3. The lowest BCUT2D eigenvalue weighted by Gasteiger charge is -2.36. The predicted molar refractivity (Wildman–Crippen MR) is 156 cm³/mol. The van der Waals surface area contributed by atoms with Gasteiger partial charge in [0.25, 0.3) is 11.8 Å². The summed E-state index contributed by atoms with van der Waals surface area (Å²) in [5.74, 6) is -0.0296. The molecule has 1 atom stereocenters. The van der Waals surface area contributed by atoms with Gasteiger partial charge in [0.2, 0.25) is 0 Å². The van der Waals surface area contributed by atoms with E-state index < -0.39 is 5.92 Å².